The minimum atomic E-state index is 1.06. The summed E-state index contributed by atoms with van der Waals surface area (Å²) in [6, 6.07) is 0. The Kier molecular flexibility index (Phi) is 12.5. The van der Waals surface area contributed by atoms with Crippen LogP contribution in [0.3, 0.4) is 0 Å². The summed E-state index contributed by atoms with van der Waals surface area (Å²) in [5, 5.41) is 3.39. The predicted molar refractivity (Wildman–Crippen MR) is 133 cm³/mol. The average molecular weight is 520 g/mol. The van der Waals surface area contributed by atoms with Crippen LogP contribution in [0.25, 0.3) is 0 Å². The minimum Gasteiger partial charge on any atom is -0.118 e. The highest BCUT2D eigenvalue weighted by Crippen LogP contribution is 2.63. The van der Waals surface area contributed by atoms with E-state index in [1.54, 1.807) is 8.47 Å². The van der Waals surface area contributed by atoms with Crippen molar-refractivity contribution in [3.05, 3.63) is 26.6 Å². The van der Waals surface area contributed by atoms with Gasteiger partial charge in [0, 0.05) is 11.1 Å². The first kappa shape index (κ1) is 22.4. The molecule has 0 unspecified atom stereocenters. The third-order valence-electron chi connectivity index (χ3n) is 2.94. The molecule has 0 saturated heterocycles. The van der Waals surface area contributed by atoms with Crippen LogP contribution in [0.15, 0.2) is 26.6 Å². The quantitative estimate of drug-likeness (QED) is 0.195. The van der Waals surface area contributed by atoms with Crippen molar-refractivity contribution in [1.29, 1.82) is 0 Å². The smallest absolute Gasteiger partial charge is 0.0717 e. The molecule has 2 aliphatic heterocycles. The Morgan fingerprint density at radius 2 is 1.46 bits per heavy atom. The van der Waals surface area contributed by atoms with Gasteiger partial charge in [0.25, 0.3) is 0 Å². The van der Waals surface area contributed by atoms with E-state index >= 15 is 0 Å². The monoisotopic (exact) mass is 518 g/mol. The normalized spacial score (nSPS) is 18.0. The fraction of sp³-hybridized carbons (Fsp3) is 0.625. The molecule has 0 aromatic carbocycles. The Morgan fingerprint density at radius 1 is 0.833 bits per heavy atom. The zero-order chi connectivity index (χ0) is 17.2. The summed E-state index contributed by atoms with van der Waals surface area (Å²) in [4.78, 5) is 0. The van der Waals surface area contributed by atoms with Gasteiger partial charge in [0.15, 0.2) is 0 Å². The molecule has 0 amide bonds. The molecule has 0 atom stereocenters. The highest BCUT2D eigenvalue weighted by Gasteiger charge is 2.27. The van der Waals surface area contributed by atoms with Gasteiger partial charge in [-0.2, -0.15) is 0 Å². The van der Waals surface area contributed by atoms with Crippen LogP contribution in [-0.2, 0) is 0 Å². The van der Waals surface area contributed by atoms with Crippen LogP contribution in [0.1, 0.15) is 39.5 Å². The molecule has 0 nitrogen and oxygen atoms in total. The second-order valence-electron chi connectivity index (χ2n) is 4.95. The molecule has 0 bridgehead atoms. The van der Waals surface area contributed by atoms with Gasteiger partial charge in [-0.25, -0.2) is 0 Å². The van der Waals surface area contributed by atoms with E-state index < -0.39 is 0 Å². The van der Waals surface area contributed by atoms with Gasteiger partial charge in [0.2, 0.25) is 0 Å². The summed E-state index contributed by atoms with van der Waals surface area (Å²) >= 11 is 17.5. The lowest BCUT2D eigenvalue weighted by Crippen LogP contribution is -1.80. The van der Waals surface area contributed by atoms with Crippen molar-refractivity contribution >= 4 is 98.3 Å². The minimum absolute atomic E-state index is 1.06. The van der Waals surface area contributed by atoms with Crippen molar-refractivity contribution in [3.8, 4) is 0 Å². The summed E-state index contributed by atoms with van der Waals surface area (Å²) in [5.41, 5.74) is 0. The maximum atomic E-state index is 3.52. The van der Waals surface area contributed by atoms with E-state index in [0.717, 1.165) is 11.1 Å². The van der Waals surface area contributed by atoms with Gasteiger partial charge in [-0.05, 0) is 29.8 Å². The lowest BCUT2D eigenvalue weighted by atomic mass is 10.4. The van der Waals surface area contributed by atoms with E-state index in [1.165, 1.54) is 49.9 Å². The van der Waals surface area contributed by atoms with E-state index in [9.17, 15) is 0 Å². The van der Waals surface area contributed by atoms with Gasteiger partial charge in [-0.1, -0.05) is 89.7 Å². The van der Waals surface area contributed by atoms with E-state index in [-0.39, 0.29) is 0 Å². The SMILES string of the molecule is CCCCSC1=C(SCCCC)SC(=C2SC=C(SCCBr)S2)S1. The van der Waals surface area contributed by atoms with Gasteiger partial charge >= 0.3 is 0 Å². The molecular weight excluding hydrogens is 497 g/mol. The van der Waals surface area contributed by atoms with Crippen molar-refractivity contribution in [2.75, 3.05) is 22.6 Å². The summed E-state index contributed by atoms with van der Waals surface area (Å²) in [6.07, 6.45) is 5.20. The van der Waals surface area contributed by atoms with Crippen molar-refractivity contribution in [2.45, 2.75) is 39.5 Å². The second kappa shape index (κ2) is 13.3. The Labute approximate surface area is 185 Å². The van der Waals surface area contributed by atoms with Crippen LogP contribution >= 0.6 is 98.3 Å². The molecule has 2 heterocycles. The Hall–Kier alpha value is 2.15. The number of rotatable bonds is 11. The summed E-state index contributed by atoms with van der Waals surface area (Å²) in [6.45, 7) is 4.55. The number of thioether (sulfide) groups is 7. The number of hydrogen-bond donors (Lipinski definition) is 0. The number of alkyl halides is 1. The molecular formula is C16H23BrS7. The summed E-state index contributed by atoms with van der Waals surface area (Å²) in [7, 11) is 0. The molecule has 24 heavy (non-hydrogen) atoms. The van der Waals surface area contributed by atoms with Crippen molar-refractivity contribution < 1.29 is 0 Å². The van der Waals surface area contributed by atoms with E-state index in [1.807, 2.05) is 58.8 Å². The Balaban J connectivity index is 1.94. The fourth-order valence-corrected chi connectivity index (χ4v) is 12.1. The van der Waals surface area contributed by atoms with Gasteiger partial charge in [0.1, 0.15) is 0 Å². The first-order valence-electron chi connectivity index (χ1n) is 8.11. The van der Waals surface area contributed by atoms with Crippen LogP contribution in [0.4, 0.5) is 0 Å². The molecule has 2 aliphatic rings. The lowest BCUT2D eigenvalue weighted by molar-refractivity contribution is 0.897. The van der Waals surface area contributed by atoms with Crippen LogP contribution in [-0.4, -0.2) is 22.6 Å². The summed E-state index contributed by atoms with van der Waals surface area (Å²) in [5.74, 6) is 3.66. The summed E-state index contributed by atoms with van der Waals surface area (Å²) < 4.78 is 7.56. The third-order valence-corrected chi connectivity index (χ3v) is 13.8. The standard InChI is InChI=1S/C16H23BrS7/c1-3-5-8-19-13-14(20-9-6-4-2)24-16(23-13)15-21-11-12(22-15)18-10-7-17/h11H,3-10H2,1-2H3. The lowest BCUT2D eigenvalue weighted by Gasteiger charge is -2.03. The molecule has 0 saturated carbocycles. The molecule has 2 rings (SSSR count). The second-order valence-corrected chi connectivity index (χ2v) is 14.4. The van der Waals surface area contributed by atoms with Crippen LogP contribution in [0, 0.1) is 0 Å². The van der Waals surface area contributed by atoms with Crippen molar-refractivity contribution in [2.24, 2.45) is 0 Å². The van der Waals surface area contributed by atoms with E-state index in [2.05, 4.69) is 58.7 Å². The van der Waals surface area contributed by atoms with Gasteiger partial charge in [0.05, 0.1) is 21.2 Å². The first-order valence-corrected chi connectivity index (χ1v) is 15.5. The largest absolute Gasteiger partial charge is 0.118 e. The maximum absolute atomic E-state index is 3.52. The maximum Gasteiger partial charge on any atom is 0.0717 e. The molecule has 0 fully saturated rings. The molecule has 0 aromatic heterocycles. The molecule has 8 heteroatoms. The highest BCUT2D eigenvalue weighted by atomic mass is 79.9. The average Bonchev–Trinajstić information content (AvgIpc) is 3.21. The highest BCUT2D eigenvalue weighted by molar-refractivity contribution is 9.09. The predicted octanol–water partition coefficient (Wildman–Crippen LogP) is 9.19. The third kappa shape index (κ3) is 7.64. The van der Waals surface area contributed by atoms with Crippen molar-refractivity contribution in [3.63, 3.8) is 0 Å². The Morgan fingerprint density at radius 3 is 2.00 bits per heavy atom. The van der Waals surface area contributed by atoms with E-state index in [0.29, 0.717) is 0 Å². The van der Waals surface area contributed by atoms with Gasteiger partial charge in [-0.3, -0.25) is 0 Å². The van der Waals surface area contributed by atoms with Crippen LogP contribution in [0.5, 0.6) is 0 Å². The van der Waals surface area contributed by atoms with Gasteiger partial charge < -0.3 is 0 Å². The van der Waals surface area contributed by atoms with Crippen LogP contribution < -0.4 is 0 Å². The van der Waals surface area contributed by atoms with E-state index in [4.69, 9.17) is 0 Å². The number of halogens is 1. The molecule has 0 spiro atoms. The molecule has 0 aliphatic carbocycles. The molecule has 0 N–H and O–H groups in total. The fourth-order valence-electron chi connectivity index (χ4n) is 1.68. The van der Waals surface area contributed by atoms with Gasteiger partial charge in [-0.15, -0.1) is 35.3 Å². The van der Waals surface area contributed by atoms with Crippen LogP contribution in [0.2, 0.25) is 0 Å². The van der Waals surface area contributed by atoms with Crippen molar-refractivity contribution in [1.82, 2.24) is 0 Å². The number of unbranched alkanes of at least 4 members (excludes halogenated alkanes) is 2. The molecule has 0 radical (unpaired) electrons. The molecule has 0 aromatic rings. The topological polar surface area (TPSA) is 0 Å². The first-order chi connectivity index (χ1) is 11.8. The molecule has 136 valence electrons. The zero-order valence-corrected chi connectivity index (χ0v) is 21.3. The zero-order valence-electron chi connectivity index (χ0n) is 14.0. The number of hydrogen-bond acceptors (Lipinski definition) is 7. The Bertz CT molecular complexity index is 475.